The molecule has 1 aliphatic carbocycles. The fraction of sp³-hybridized carbons (Fsp3) is 0.455. The first kappa shape index (κ1) is 7.81. The molecule has 1 nitrogen and oxygen atoms in total. The Kier molecular flexibility index (Phi) is 1.89. The van der Waals surface area contributed by atoms with Gasteiger partial charge in [0.2, 0.25) is 0 Å². The Hall–Kier alpha value is -0.820. The van der Waals surface area contributed by atoms with Crippen molar-refractivity contribution in [2.45, 2.75) is 31.2 Å². The summed E-state index contributed by atoms with van der Waals surface area (Å²) in [5, 5.41) is 0. The molecule has 0 bridgehead atoms. The minimum Gasteiger partial charge on any atom is -0.325 e. The minimum atomic E-state index is 0.126. The fourth-order valence-corrected chi connectivity index (χ4v) is 1.81. The Morgan fingerprint density at radius 1 is 1.17 bits per heavy atom. The van der Waals surface area contributed by atoms with E-state index < -0.39 is 0 Å². The van der Waals surface area contributed by atoms with Crippen LogP contribution < -0.4 is 5.73 Å². The molecule has 0 spiro atoms. The van der Waals surface area contributed by atoms with Crippen LogP contribution in [0.5, 0.6) is 0 Å². The standard InChI is InChI=1S/C11H15N/c12-11(7-4-8-11)9-10-5-2-1-3-6-10/h1-3,5-6H,4,7-9,12H2. The summed E-state index contributed by atoms with van der Waals surface area (Å²) in [6.45, 7) is 0. The first-order chi connectivity index (χ1) is 5.79. The summed E-state index contributed by atoms with van der Waals surface area (Å²) in [4.78, 5) is 0. The number of rotatable bonds is 2. The van der Waals surface area contributed by atoms with E-state index in [1.807, 2.05) is 6.07 Å². The lowest BCUT2D eigenvalue weighted by molar-refractivity contribution is 0.247. The first-order valence-electron chi connectivity index (χ1n) is 4.61. The Morgan fingerprint density at radius 2 is 1.83 bits per heavy atom. The van der Waals surface area contributed by atoms with E-state index in [2.05, 4.69) is 24.3 Å². The van der Waals surface area contributed by atoms with Crippen LogP contribution in [0.1, 0.15) is 24.8 Å². The summed E-state index contributed by atoms with van der Waals surface area (Å²) in [5.41, 5.74) is 7.64. The molecular formula is C11H15N. The predicted octanol–water partition coefficient (Wildman–Crippen LogP) is 2.11. The van der Waals surface area contributed by atoms with E-state index >= 15 is 0 Å². The van der Waals surface area contributed by atoms with Crippen molar-refractivity contribution < 1.29 is 0 Å². The molecule has 2 rings (SSSR count). The quantitative estimate of drug-likeness (QED) is 0.706. The highest BCUT2D eigenvalue weighted by Crippen LogP contribution is 2.32. The van der Waals surface area contributed by atoms with E-state index in [0.29, 0.717) is 0 Å². The molecule has 1 fully saturated rings. The average molecular weight is 161 g/mol. The van der Waals surface area contributed by atoms with Gasteiger partial charge in [0.15, 0.2) is 0 Å². The fourth-order valence-electron chi connectivity index (χ4n) is 1.81. The summed E-state index contributed by atoms with van der Waals surface area (Å²) >= 11 is 0. The molecule has 0 radical (unpaired) electrons. The second kappa shape index (κ2) is 2.91. The molecular weight excluding hydrogens is 146 g/mol. The summed E-state index contributed by atoms with van der Waals surface area (Å²) in [6, 6.07) is 10.5. The molecule has 64 valence electrons. The molecule has 1 heteroatoms. The van der Waals surface area contributed by atoms with E-state index in [4.69, 9.17) is 5.73 Å². The van der Waals surface area contributed by atoms with E-state index in [1.54, 1.807) is 0 Å². The molecule has 1 aromatic rings. The lowest BCUT2D eigenvalue weighted by Crippen LogP contribution is -2.48. The van der Waals surface area contributed by atoms with E-state index in [1.165, 1.54) is 24.8 Å². The Labute approximate surface area is 73.6 Å². The van der Waals surface area contributed by atoms with Crippen LogP contribution >= 0.6 is 0 Å². The normalized spacial score (nSPS) is 20.1. The maximum Gasteiger partial charge on any atom is 0.0195 e. The summed E-state index contributed by atoms with van der Waals surface area (Å²) < 4.78 is 0. The van der Waals surface area contributed by atoms with Gasteiger partial charge in [0.1, 0.15) is 0 Å². The highest BCUT2D eigenvalue weighted by atomic mass is 14.8. The van der Waals surface area contributed by atoms with Crippen LogP contribution in [-0.4, -0.2) is 5.54 Å². The van der Waals surface area contributed by atoms with Crippen LogP contribution in [0.25, 0.3) is 0 Å². The van der Waals surface area contributed by atoms with Gasteiger partial charge in [-0.3, -0.25) is 0 Å². The molecule has 0 unspecified atom stereocenters. The maximum atomic E-state index is 6.13. The van der Waals surface area contributed by atoms with Gasteiger partial charge in [-0.25, -0.2) is 0 Å². The Balaban J connectivity index is 2.04. The summed E-state index contributed by atoms with van der Waals surface area (Å²) in [6.07, 6.45) is 4.75. The monoisotopic (exact) mass is 161 g/mol. The average Bonchev–Trinajstić information content (AvgIpc) is 2.04. The topological polar surface area (TPSA) is 26.0 Å². The molecule has 1 aromatic carbocycles. The minimum absolute atomic E-state index is 0.126. The van der Waals surface area contributed by atoms with Crippen molar-refractivity contribution in [3.8, 4) is 0 Å². The molecule has 0 aliphatic heterocycles. The molecule has 0 saturated heterocycles. The van der Waals surface area contributed by atoms with Crippen LogP contribution in [0, 0.1) is 0 Å². The zero-order valence-electron chi connectivity index (χ0n) is 7.29. The van der Waals surface area contributed by atoms with Crippen LogP contribution in [0.2, 0.25) is 0 Å². The SMILES string of the molecule is NC1(Cc2ccccc2)CCC1. The van der Waals surface area contributed by atoms with Gasteiger partial charge in [-0.15, -0.1) is 0 Å². The van der Waals surface area contributed by atoms with E-state index in [9.17, 15) is 0 Å². The second-order valence-electron chi connectivity index (χ2n) is 3.88. The zero-order valence-corrected chi connectivity index (χ0v) is 7.29. The van der Waals surface area contributed by atoms with Gasteiger partial charge in [-0.2, -0.15) is 0 Å². The van der Waals surface area contributed by atoms with Crippen molar-refractivity contribution in [3.05, 3.63) is 35.9 Å². The van der Waals surface area contributed by atoms with Gasteiger partial charge >= 0.3 is 0 Å². The van der Waals surface area contributed by atoms with Gasteiger partial charge in [-0.05, 0) is 31.2 Å². The van der Waals surface area contributed by atoms with Crippen LogP contribution in [0.15, 0.2) is 30.3 Å². The van der Waals surface area contributed by atoms with Crippen LogP contribution in [0.3, 0.4) is 0 Å². The molecule has 0 amide bonds. The van der Waals surface area contributed by atoms with Crippen molar-refractivity contribution in [2.75, 3.05) is 0 Å². The maximum absolute atomic E-state index is 6.13. The van der Waals surface area contributed by atoms with Crippen LogP contribution in [-0.2, 0) is 6.42 Å². The summed E-state index contributed by atoms with van der Waals surface area (Å²) in [7, 11) is 0. The van der Waals surface area contributed by atoms with Gasteiger partial charge < -0.3 is 5.73 Å². The number of nitrogens with two attached hydrogens (primary N) is 1. The second-order valence-corrected chi connectivity index (χ2v) is 3.88. The molecule has 0 atom stereocenters. The Morgan fingerprint density at radius 3 is 2.33 bits per heavy atom. The first-order valence-corrected chi connectivity index (χ1v) is 4.61. The lowest BCUT2D eigenvalue weighted by atomic mass is 9.74. The largest absolute Gasteiger partial charge is 0.325 e. The third-order valence-electron chi connectivity index (χ3n) is 2.75. The van der Waals surface area contributed by atoms with E-state index in [-0.39, 0.29) is 5.54 Å². The van der Waals surface area contributed by atoms with Gasteiger partial charge in [0, 0.05) is 5.54 Å². The van der Waals surface area contributed by atoms with Crippen molar-refractivity contribution >= 4 is 0 Å². The third kappa shape index (κ3) is 1.51. The molecule has 0 aromatic heterocycles. The van der Waals surface area contributed by atoms with Crippen molar-refractivity contribution in [1.29, 1.82) is 0 Å². The van der Waals surface area contributed by atoms with Gasteiger partial charge in [-0.1, -0.05) is 30.3 Å². The summed E-state index contributed by atoms with van der Waals surface area (Å²) in [5.74, 6) is 0. The molecule has 1 aliphatic rings. The van der Waals surface area contributed by atoms with E-state index in [0.717, 1.165) is 6.42 Å². The zero-order chi connectivity index (χ0) is 8.44. The molecule has 1 saturated carbocycles. The molecule has 0 heterocycles. The van der Waals surface area contributed by atoms with Crippen molar-refractivity contribution in [3.63, 3.8) is 0 Å². The molecule has 2 N–H and O–H groups in total. The highest BCUT2D eigenvalue weighted by molar-refractivity contribution is 5.18. The third-order valence-corrected chi connectivity index (χ3v) is 2.75. The van der Waals surface area contributed by atoms with Gasteiger partial charge in [0.25, 0.3) is 0 Å². The Bertz CT molecular complexity index is 249. The number of hydrogen-bond donors (Lipinski definition) is 1. The number of benzene rings is 1. The van der Waals surface area contributed by atoms with Crippen molar-refractivity contribution in [1.82, 2.24) is 0 Å². The van der Waals surface area contributed by atoms with Gasteiger partial charge in [0.05, 0.1) is 0 Å². The van der Waals surface area contributed by atoms with Crippen molar-refractivity contribution in [2.24, 2.45) is 5.73 Å². The van der Waals surface area contributed by atoms with Crippen LogP contribution in [0.4, 0.5) is 0 Å². The smallest absolute Gasteiger partial charge is 0.0195 e. The lowest BCUT2D eigenvalue weighted by Gasteiger charge is -2.38. The number of hydrogen-bond acceptors (Lipinski definition) is 1. The predicted molar refractivity (Wildman–Crippen MR) is 50.9 cm³/mol. The highest BCUT2D eigenvalue weighted by Gasteiger charge is 2.32. The molecule has 12 heavy (non-hydrogen) atoms.